The van der Waals surface area contributed by atoms with E-state index in [0.717, 1.165) is 29.5 Å². The van der Waals surface area contributed by atoms with Crippen molar-refractivity contribution in [3.05, 3.63) is 77.4 Å². The van der Waals surface area contributed by atoms with Crippen LogP contribution in [0.4, 0.5) is 0 Å². The monoisotopic (exact) mass is 376 g/mol. The van der Waals surface area contributed by atoms with Crippen molar-refractivity contribution in [2.75, 3.05) is 0 Å². The third kappa shape index (κ3) is 5.58. The summed E-state index contributed by atoms with van der Waals surface area (Å²) in [7, 11) is 0. The predicted molar refractivity (Wildman–Crippen MR) is 116 cm³/mol. The summed E-state index contributed by atoms with van der Waals surface area (Å²) < 4.78 is 6.14. The standard InChI is InChI=1S/C26H32O2/c1-19(2)24-15-14-20(3)16-25(24)28-26(27)23(17-21-10-6-4-7-11-21)18-22-12-8-5-9-13-22/h4-13,17,19-20,24-25H,14-16,18H2,1-3H3/b23-17+/t20-,24-,25-/m1/s1. The number of carbonyl (C=O) groups is 1. The number of hydrogen-bond donors (Lipinski definition) is 0. The minimum Gasteiger partial charge on any atom is -0.459 e. The molecule has 2 nitrogen and oxygen atoms in total. The van der Waals surface area contributed by atoms with Gasteiger partial charge in [-0.2, -0.15) is 0 Å². The summed E-state index contributed by atoms with van der Waals surface area (Å²) in [6, 6.07) is 20.2. The molecule has 0 spiro atoms. The fourth-order valence-electron chi connectivity index (χ4n) is 4.21. The summed E-state index contributed by atoms with van der Waals surface area (Å²) in [6.45, 7) is 6.75. The number of hydrogen-bond acceptors (Lipinski definition) is 2. The van der Waals surface area contributed by atoms with E-state index in [0.29, 0.717) is 24.2 Å². The Bertz CT molecular complexity index is 777. The maximum Gasteiger partial charge on any atom is 0.334 e. The topological polar surface area (TPSA) is 26.3 Å². The zero-order chi connectivity index (χ0) is 19.9. The van der Waals surface area contributed by atoms with E-state index in [1.807, 2.05) is 54.6 Å². The van der Waals surface area contributed by atoms with Gasteiger partial charge in [-0.25, -0.2) is 4.79 Å². The number of esters is 1. The lowest BCUT2D eigenvalue weighted by atomic mass is 9.75. The van der Waals surface area contributed by atoms with Crippen molar-refractivity contribution in [1.29, 1.82) is 0 Å². The van der Waals surface area contributed by atoms with Gasteiger partial charge in [-0.05, 0) is 47.8 Å². The van der Waals surface area contributed by atoms with E-state index in [4.69, 9.17) is 4.74 Å². The number of benzene rings is 2. The predicted octanol–water partition coefficient (Wildman–Crippen LogP) is 6.32. The van der Waals surface area contributed by atoms with Crippen molar-refractivity contribution in [3.8, 4) is 0 Å². The Balaban J connectivity index is 1.82. The van der Waals surface area contributed by atoms with Gasteiger partial charge in [-0.1, -0.05) is 87.9 Å². The smallest absolute Gasteiger partial charge is 0.334 e. The molecule has 0 unspecified atom stereocenters. The zero-order valence-corrected chi connectivity index (χ0v) is 17.3. The highest BCUT2D eigenvalue weighted by Crippen LogP contribution is 2.35. The van der Waals surface area contributed by atoms with Crippen LogP contribution in [-0.4, -0.2) is 12.1 Å². The van der Waals surface area contributed by atoms with Gasteiger partial charge in [0.25, 0.3) is 0 Å². The largest absolute Gasteiger partial charge is 0.459 e. The summed E-state index contributed by atoms with van der Waals surface area (Å²) in [5.41, 5.74) is 2.87. The summed E-state index contributed by atoms with van der Waals surface area (Å²) in [4.78, 5) is 13.2. The maximum absolute atomic E-state index is 13.2. The molecule has 2 aromatic rings. The molecule has 28 heavy (non-hydrogen) atoms. The minimum absolute atomic E-state index is 0.0196. The Hall–Kier alpha value is -2.35. The van der Waals surface area contributed by atoms with Crippen molar-refractivity contribution in [3.63, 3.8) is 0 Å². The minimum atomic E-state index is -0.169. The molecule has 0 saturated heterocycles. The van der Waals surface area contributed by atoms with Crippen molar-refractivity contribution in [2.45, 2.75) is 52.6 Å². The molecule has 0 radical (unpaired) electrons. The van der Waals surface area contributed by atoms with Crippen molar-refractivity contribution >= 4 is 12.0 Å². The molecule has 1 aliphatic rings. The number of rotatable bonds is 6. The lowest BCUT2D eigenvalue weighted by molar-refractivity contribution is -0.151. The van der Waals surface area contributed by atoms with Crippen LogP contribution in [0.2, 0.25) is 0 Å². The van der Waals surface area contributed by atoms with E-state index in [9.17, 15) is 4.79 Å². The van der Waals surface area contributed by atoms with Gasteiger partial charge in [-0.3, -0.25) is 0 Å². The van der Waals surface area contributed by atoms with Crippen LogP contribution in [0.3, 0.4) is 0 Å². The average Bonchev–Trinajstić information content (AvgIpc) is 2.69. The van der Waals surface area contributed by atoms with Gasteiger partial charge in [0.1, 0.15) is 6.10 Å². The zero-order valence-electron chi connectivity index (χ0n) is 17.3. The molecular weight excluding hydrogens is 344 g/mol. The van der Waals surface area contributed by atoms with Crippen LogP contribution in [0.25, 0.3) is 6.08 Å². The van der Waals surface area contributed by atoms with Crippen LogP contribution in [0.5, 0.6) is 0 Å². The SMILES string of the molecule is CC(C)[C@H]1CC[C@@H](C)C[C@H]1OC(=O)/C(=C/c1ccccc1)Cc1ccccc1. The second-order valence-electron chi connectivity index (χ2n) is 8.51. The van der Waals surface area contributed by atoms with Gasteiger partial charge >= 0.3 is 5.97 Å². The Morgan fingerprint density at radius 3 is 2.32 bits per heavy atom. The molecule has 0 aromatic heterocycles. The molecule has 0 amide bonds. The molecule has 1 saturated carbocycles. The van der Waals surface area contributed by atoms with E-state index in [-0.39, 0.29) is 12.1 Å². The van der Waals surface area contributed by atoms with Gasteiger partial charge in [0.05, 0.1) is 0 Å². The highest BCUT2D eigenvalue weighted by molar-refractivity contribution is 5.94. The first kappa shape index (κ1) is 20.4. The molecule has 0 N–H and O–H groups in total. The lowest BCUT2D eigenvalue weighted by Gasteiger charge is -2.36. The van der Waals surface area contributed by atoms with Crippen LogP contribution < -0.4 is 0 Å². The molecule has 2 aromatic carbocycles. The normalized spacial score (nSPS) is 22.9. The van der Waals surface area contributed by atoms with E-state index in [1.54, 1.807) is 0 Å². The molecule has 0 bridgehead atoms. The van der Waals surface area contributed by atoms with Crippen molar-refractivity contribution in [1.82, 2.24) is 0 Å². The van der Waals surface area contributed by atoms with Crippen molar-refractivity contribution in [2.24, 2.45) is 17.8 Å². The van der Waals surface area contributed by atoms with Crippen molar-refractivity contribution < 1.29 is 9.53 Å². The van der Waals surface area contributed by atoms with E-state index >= 15 is 0 Å². The molecule has 0 heterocycles. The van der Waals surface area contributed by atoms with Crippen LogP contribution >= 0.6 is 0 Å². The molecule has 1 aliphatic carbocycles. The quantitative estimate of drug-likeness (QED) is 0.436. The molecule has 148 valence electrons. The first-order valence-corrected chi connectivity index (χ1v) is 10.5. The summed E-state index contributed by atoms with van der Waals surface area (Å²) >= 11 is 0. The number of carbonyl (C=O) groups excluding carboxylic acids is 1. The number of ether oxygens (including phenoxy) is 1. The van der Waals surface area contributed by atoms with Gasteiger partial charge in [0.2, 0.25) is 0 Å². The Labute approximate surface area is 169 Å². The van der Waals surface area contributed by atoms with Gasteiger partial charge in [-0.15, -0.1) is 0 Å². The molecule has 1 fully saturated rings. The highest BCUT2D eigenvalue weighted by atomic mass is 16.5. The van der Waals surface area contributed by atoms with Crippen LogP contribution in [-0.2, 0) is 16.0 Å². The fourth-order valence-corrected chi connectivity index (χ4v) is 4.21. The van der Waals surface area contributed by atoms with Crippen LogP contribution in [0.1, 0.15) is 51.2 Å². The van der Waals surface area contributed by atoms with Gasteiger partial charge in [0, 0.05) is 12.0 Å². The first-order valence-electron chi connectivity index (χ1n) is 10.5. The third-order valence-corrected chi connectivity index (χ3v) is 5.86. The maximum atomic E-state index is 13.2. The lowest BCUT2D eigenvalue weighted by Crippen LogP contribution is -2.36. The van der Waals surface area contributed by atoms with E-state index in [2.05, 4.69) is 32.9 Å². The average molecular weight is 377 g/mol. The summed E-state index contributed by atoms with van der Waals surface area (Å²) in [6.07, 6.45) is 5.93. The molecule has 3 atom stereocenters. The summed E-state index contributed by atoms with van der Waals surface area (Å²) in [5, 5.41) is 0. The molecular formula is C26H32O2. The second kappa shape index (κ2) is 9.73. The molecule has 0 aliphatic heterocycles. The highest BCUT2D eigenvalue weighted by Gasteiger charge is 2.33. The Morgan fingerprint density at radius 2 is 1.68 bits per heavy atom. The van der Waals surface area contributed by atoms with Crippen LogP contribution in [0.15, 0.2) is 66.2 Å². The Morgan fingerprint density at radius 1 is 1.04 bits per heavy atom. The Kier molecular flexibility index (Phi) is 7.08. The molecule has 3 rings (SSSR count). The first-order chi connectivity index (χ1) is 13.5. The second-order valence-corrected chi connectivity index (χ2v) is 8.51. The summed E-state index contributed by atoms with van der Waals surface area (Å²) in [5.74, 6) is 1.43. The fraction of sp³-hybridized carbons (Fsp3) is 0.423. The third-order valence-electron chi connectivity index (χ3n) is 5.86. The van der Waals surface area contributed by atoms with E-state index < -0.39 is 0 Å². The van der Waals surface area contributed by atoms with Gasteiger partial charge < -0.3 is 4.74 Å². The van der Waals surface area contributed by atoms with Gasteiger partial charge in [0.15, 0.2) is 0 Å². The van der Waals surface area contributed by atoms with E-state index in [1.165, 1.54) is 6.42 Å². The molecule has 2 heteroatoms. The van der Waals surface area contributed by atoms with Crippen LogP contribution in [0, 0.1) is 17.8 Å².